The average molecular weight is 525 g/mol. The van der Waals surface area contributed by atoms with Crippen LogP contribution in [0, 0.1) is 0 Å². The second-order valence-electron chi connectivity index (χ2n) is 7.58. The molecule has 0 aliphatic carbocycles. The van der Waals surface area contributed by atoms with Gasteiger partial charge in [0, 0.05) is 11.4 Å². The highest BCUT2D eigenvalue weighted by Crippen LogP contribution is 2.25. The largest absolute Gasteiger partial charge is 0.494 e. The number of rotatable bonds is 10. The number of hydrogen-bond donors (Lipinski definition) is 2. The van der Waals surface area contributed by atoms with Gasteiger partial charge in [-0.3, -0.25) is 9.44 Å². The van der Waals surface area contributed by atoms with E-state index in [1.54, 1.807) is 48.5 Å². The lowest BCUT2D eigenvalue weighted by atomic mass is 10.3. The fraction of sp³-hybridized carbons (Fsp3) is 0.0769. The van der Waals surface area contributed by atoms with Crippen molar-refractivity contribution in [3.63, 3.8) is 0 Å². The van der Waals surface area contributed by atoms with Crippen LogP contribution in [0.2, 0.25) is 0 Å². The zero-order valence-corrected chi connectivity index (χ0v) is 20.9. The topological polar surface area (TPSA) is 111 Å². The SMILES string of the molecule is CCOc1ccc(NS(=O)(=O)c2ccc(NS(=O)(=O)c3ccc(Oc4ccccc4)cc3)cc2)cc1. The van der Waals surface area contributed by atoms with Crippen LogP contribution in [0.3, 0.4) is 0 Å². The van der Waals surface area contributed by atoms with Crippen LogP contribution in [-0.2, 0) is 20.0 Å². The summed E-state index contributed by atoms with van der Waals surface area (Å²) < 4.78 is 66.9. The van der Waals surface area contributed by atoms with Crippen molar-refractivity contribution in [3.8, 4) is 17.2 Å². The number of nitrogens with one attached hydrogen (secondary N) is 2. The van der Waals surface area contributed by atoms with Crippen molar-refractivity contribution in [2.45, 2.75) is 16.7 Å². The summed E-state index contributed by atoms with van der Waals surface area (Å²) in [6.07, 6.45) is 0. The van der Waals surface area contributed by atoms with E-state index in [0.717, 1.165) is 0 Å². The normalized spacial score (nSPS) is 11.5. The fourth-order valence-electron chi connectivity index (χ4n) is 3.23. The Labute approximate surface area is 210 Å². The first-order chi connectivity index (χ1) is 17.2. The number of hydrogen-bond acceptors (Lipinski definition) is 6. The summed E-state index contributed by atoms with van der Waals surface area (Å²) in [4.78, 5) is 0.0264. The monoisotopic (exact) mass is 524 g/mol. The Hall–Kier alpha value is -4.02. The standard InChI is InChI=1S/C26H24N2O6S2/c1-2-33-22-12-8-20(9-13-22)27-35(29,30)25-16-10-21(11-17-25)28-36(31,32)26-18-14-24(15-19-26)34-23-6-4-3-5-7-23/h3-19,27-28H,2H2,1H3. The molecule has 0 amide bonds. The molecule has 0 saturated heterocycles. The maximum absolute atomic E-state index is 12.8. The molecule has 0 radical (unpaired) electrons. The average Bonchev–Trinajstić information content (AvgIpc) is 2.86. The van der Waals surface area contributed by atoms with Crippen LogP contribution in [0.25, 0.3) is 0 Å². The first-order valence-electron chi connectivity index (χ1n) is 11.0. The molecule has 0 spiro atoms. The number of benzene rings is 4. The number of para-hydroxylation sites is 1. The number of anilines is 2. The molecule has 0 atom stereocenters. The smallest absolute Gasteiger partial charge is 0.261 e. The Bertz CT molecular complexity index is 1500. The molecule has 8 nitrogen and oxygen atoms in total. The number of sulfonamides is 2. The van der Waals surface area contributed by atoms with Gasteiger partial charge in [0.05, 0.1) is 16.4 Å². The summed E-state index contributed by atoms with van der Waals surface area (Å²) >= 11 is 0. The van der Waals surface area contributed by atoms with E-state index in [1.165, 1.54) is 36.4 Å². The van der Waals surface area contributed by atoms with E-state index in [0.29, 0.717) is 29.5 Å². The molecule has 10 heteroatoms. The van der Waals surface area contributed by atoms with E-state index < -0.39 is 20.0 Å². The molecule has 0 saturated carbocycles. The highest BCUT2D eigenvalue weighted by molar-refractivity contribution is 7.93. The summed E-state index contributed by atoms with van der Waals surface area (Å²) in [7, 11) is -7.75. The van der Waals surface area contributed by atoms with E-state index in [-0.39, 0.29) is 15.5 Å². The molecule has 0 unspecified atom stereocenters. The van der Waals surface area contributed by atoms with Crippen molar-refractivity contribution in [1.82, 2.24) is 0 Å². The van der Waals surface area contributed by atoms with Gasteiger partial charge in [-0.05, 0) is 91.9 Å². The van der Waals surface area contributed by atoms with Gasteiger partial charge >= 0.3 is 0 Å². The predicted molar refractivity (Wildman–Crippen MR) is 139 cm³/mol. The minimum absolute atomic E-state index is 0.0123. The van der Waals surface area contributed by atoms with Crippen LogP contribution in [0.15, 0.2) is 113 Å². The Kier molecular flexibility index (Phi) is 7.47. The zero-order chi connectivity index (χ0) is 25.6. The van der Waals surface area contributed by atoms with Gasteiger partial charge in [0.1, 0.15) is 17.2 Å². The summed E-state index contributed by atoms with van der Waals surface area (Å²) in [5.41, 5.74) is 0.600. The minimum Gasteiger partial charge on any atom is -0.494 e. The van der Waals surface area contributed by atoms with Gasteiger partial charge in [-0.1, -0.05) is 18.2 Å². The Morgan fingerprint density at radius 3 is 1.47 bits per heavy atom. The molecule has 4 rings (SSSR count). The molecule has 4 aromatic carbocycles. The minimum atomic E-state index is -3.89. The van der Waals surface area contributed by atoms with E-state index in [9.17, 15) is 16.8 Å². The molecular formula is C26H24N2O6S2. The van der Waals surface area contributed by atoms with E-state index >= 15 is 0 Å². The zero-order valence-electron chi connectivity index (χ0n) is 19.3. The fourth-order valence-corrected chi connectivity index (χ4v) is 5.34. The molecule has 186 valence electrons. The maximum atomic E-state index is 12.8. The summed E-state index contributed by atoms with van der Waals surface area (Å²) in [6, 6.07) is 27.1. The Morgan fingerprint density at radius 2 is 0.972 bits per heavy atom. The highest BCUT2D eigenvalue weighted by Gasteiger charge is 2.17. The molecular weight excluding hydrogens is 500 g/mol. The first kappa shape index (κ1) is 25.1. The molecule has 0 fully saturated rings. The van der Waals surface area contributed by atoms with Gasteiger partial charge in [0.2, 0.25) is 0 Å². The van der Waals surface area contributed by atoms with Gasteiger partial charge in [0.15, 0.2) is 0 Å². The van der Waals surface area contributed by atoms with E-state index in [1.807, 2.05) is 25.1 Å². The van der Waals surface area contributed by atoms with Gasteiger partial charge in [-0.15, -0.1) is 0 Å². The summed E-state index contributed by atoms with van der Waals surface area (Å²) in [5, 5.41) is 0. The molecule has 0 aliphatic rings. The second kappa shape index (κ2) is 10.7. The molecule has 0 heterocycles. The molecule has 0 aromatic heterocycles. The van der Waals surface area contributed by atoms with E-state index in [2.05, 4.69) is 9.44 Å². The molecule has 0 aliphatic heterocycles. The third-order valence-electron chi connectivity index (χ3n) is 4.95. The summed E-state index contributed by atoms with van der Waals surface area (Å²) in [5.74, 6) is 1.77. The van der Waals surface area contributed by atoms with Crippen LogP contribution in [0.4, 0.5) is 11.4 Å². The molecule has 36 heavy (non-hydrogen) atoms. The van der Waals surface area contributed by atoms with Gasteiger partial charge < -0.3 is 9.47 Å². The Balaban J connectivity index is 1.42. The van der Waals surface area contributed by atoms with Crippen molar-refractivity contribution < 1.29 is 26.3 Å². The van der Waals surface area contributed by atoms with Gasteiger partial charge in [-0.2, -0.15) is 0 Å². The molecule has 2 N–H and O–H groups in total. The van der Waals surface area contributed by atoms with Crippen LogP contribution >= 0.6 is 0 Å². The predicted octanol–water partition coefficient (Wildman–Crippen LogP) is 5.48. The van der Waals surface area contributed by atoms with Crippen LogP contribution < -0.4 is 18.9 Å². The Morgan fingerprint density at radius 1 is 0.556 bits per heavy atom. The molecule has 0 bridgehead atoms. The third-order valence-corrected chi connectivity index (χ3v) is 7.74. The molecule has 4 aromatic rings. The van der Waals surface area contributed by atoms with Crippen molar-refractivity contribution >= 4 is 31.4 Å². The number of ether oxygens (including phenoxy) is 2. The van der Waals surface area contributed by atoms with Crippen molar-refractivity contribution in [2.75, 3.05) is 16.1 Å². The quantitative estimate of drug-likeness (QED) is 0.284. The lowest BCUT2D eigenvalue weighted by Gasteiger charge is -2.11. The third kappa shape index (κ3) is 6.35. The lowest BCUT2D eigenvalue weighted by Crippen LogP contribution is -2.14. The van der Waals surface area contributed by atoms with Crippen molar-refractivity contribution in [1.29, 1.82) is 0 Å². The first-order valence-corrected chi connectivity index (χ1v) is 13.9. The lowest BCUT2D eigenvalue weighted by molar-refractivity contribution is 0.340. The van der Waals surface area contributed by atoms with Gasteiger partial charge in [0.25, 0.3) is 20.0 Å². The van der Waals surface area contributed by atoms with E-state index in [4.69, 9.17) is 9.47 Å². The van der Waals surface area contributed by atoms with Gasteiger partial charge in [-0.25, -0.2) is 16.8 Å². The van der Waals surface area contributed by atoms with Crippen LogP contribution in [-0.4, -0.2) is 23.4 Å². The van der Waals surface area contributed by atoms with Crippen LogP contribution in [0.5, 0.6) is 17.2 Å². The summed E-state index contributed by atoms with van der Waals surface area (Å²) in [6.45, 7) is 2.37. The van der Waals surface area contributed by atoms with Crippen LogP contribution in [0.1, 0.15) is 6.92 Å². The highest BCUT2D eigenvalue weighted by atomic mass is 32.2. The second-order valence-corrected chi connectivity index (χ2v) is 10.9. The maximum Gasteiger partial charge on any atom is 0.261 e. The van der Waals surface area contributed by atoms with Crippen molar-refractivity contribution in [3.05, 3.63) is 103 Å². The van der Waals surface area contributed by atoms with Crippen molar-refractivity contribution in [2.24, 2.45) is 0 Å².